The fourth-order valence-corrected chi connectivity index (χ4v) is 3.64. The van der Waals surface area contributed by atoms with Gasteiger partial charge >= 0.3 is 0 Å². The van der Waals surface area contributed by atoms with Gasteiger partial charge in [-0.05, 0) is 44.4 Å². The van der Waals surface area contributed by atoms with E-state index >= 15 is 0 Å². The number of phenolic OH excluding ortho intramolecular Hbond substituents is 1. The second-order valence-corrected chi connectivity index (χ2v) is 6.24. The van der Waals surface area contributed by atoms with Crippen LogP contribution in [0.5, 0.6) is 5.75 Å². The Morgan fingerprint density at radius 3 is 2.86 bits per heavy atom. The molecule has 1 atom stereocenters. The Morgan fingerprint density at radius 2 is 2.14 bits per heavy atom. The molecule has 0 radical (unpaired) electrons. The Morgan fingerprint density at radius 1 is 1.33 bits per heavy atom. The van der Waals surface area contributed by atoms with E-state index in [0.29, 0.717) is 13.1 Å². The number of halogens is 1. The number of nitrogens with zero attached hydrogens (tertiary/aromatic N) is 1. The third kappa shape index (κ3) is 2.75. The molecular formula is C16H21FN2O2. The highest BCUT2D eigenvalue weighted by Crippen LogP contribution is 2.37. The molecule has 2 N–H and O–H groups in total. The number of aromatic hydroxyl groups is 1. The maximum atomic E-state index is 13.9. The van der Waals surface area contributed by atoms with Crippen LogP contribution in [0.2, 0.25) is 0 Å². The SMILES string of the molecule is O=C(c1c(O)cccc1F)N1CCCC2(CCCNC2)C1. The fourth-order valence-electron chi connectivity index (χ4n) is 3.64. The monoisotopic (exact) mass is 292 g/mol. The topological polar surface area (TPSA) is 52.6 Å². The molecule has 0 bridgehead atoms. The second kappa shape index (κ2) is 5.64. The first-order valence-electron chi connectivity index (χ1n) is 7.59. The molecule has 114 valence electrons. The van der Waals surface area contributed by atoms with E-state index in [4.69, 9.17) is 0 Å². The number of nitrogens with one attached hydrogen (secondary N) is 1. The van der Waals surface area contributed by atoms with Gasteiger partial charge in [0.2, 0.25) is 0 Å². The van der Waals surface area contributed by atoms with Crippen LogP contribution < -0.4 is 5.32 Å². The maximum absolute atomic E-state index is 13.9. The van der Waals surface area contributed by atoms with Crippen molar-refractivity contribution >= 4 is 5.91 Å². The number of amides is 1. The summed E-state index contributed by atoms with van der Waals surface area (Å²) >= 11 is 0. The molecule has 2 aliphatic rings. The van der Waals surface area contributed by atoms with Crippen molar-refractivity contribution in [2.45, 2.75) is 25.7 Å². The van der Waals surface area contributed by atoms with E-state index in [1.165, 1.54) is 18.2 Å². The fraction of sp³-hybridized carbons (Fsp3) is 0.562. The Balaban J connectivity index is 1.81. The number of phenols is 1. The number of carbonyl (C=O) groups is 1. The lowest BCUT2D eigenvalue weighted by Crippen LogP contribution is -2.52. The summed E-state index contributed by atoms with van der Waals surface area (Å²) in [5.41, 5.74) is -0.0779. The van der Waals surface area contributed by atoms with Crippen molar-refractivity contribution in [1.82, 2.24) is 10.2 Å². The van der Waals surface area contributed by atoms with Gasteiger partial charge in [0.15, 0.2) is 0 Å². The van der Waals surface area contributed by atoms with Crippen molar-refractivity contribution in [1.29, 1.82) is 0 Å². The van der Waals surface area contributed by atoms with Gasteiger partial charge in [-0.15, -0.1) is 0 Å². The van der Waals surface area contributed by atoms with Crippen molar-refractivity contribution in [3.8, 4) is 5.75 Å². The van der Waals surface area contributed by atoms with Crippen LogP contribution in [0.15, 0.2) is 18.2 Å². The van der Waals surface area contributed by atoms with Gasteiger partial charge in [-0.1, -0.05) is 6.07 Å². The lowest BCUT2D eigenvalue weighted by atomic mass is 9.74. The van der Waals surface area contributed by atoms with Crippen molar-refractivity contribution in [3.05, 3.63) is 29.6 Å². The third-order valence-electron chi connectivity index (χ3n) is 4.71. The van der Waals surface area contributed by atoms with E-state index < -0.39 is 11.7 Å². The molecule has 2 fully saturated rings. The van der Waals surface area contributed by atoms with Crippen molar-refractivity contribution in [2.75, 3.05) is 26.2 Å². The van der Waals surface area contributed by atoms with Crippen molar-refractivity contribution in [3.63, 3.8) is 0 Å². The first-order chi connectivity index (χ1) is 10.1. The molecular weight excluding hydrogens is 271 g/mol. The molecule has 0 saturated carbocycles. The first-order valence-corrected chi connectivity index (χ1v) is 7.59. The lowest BCUT2D eigenvalue weighted by Gasteiger charge is -2.45. The molecule has 2 aliphatic heterocycles. The van der Waals surface area contributed by atoms with Gasteiger partial charge in [0.1, 0.15) is 17.1 Å². The summed E-state index contributed by atoms with van der Waals surface area (Å²) in [4.78, 5) is 14.3. The van der Waals surface area contributed by atoms with E-state index in [1.807, 2.05) is 0 Å². The quantitative estimate of drug-likeness (QED) is 0.834. The molecule has 5 heteroatoms. The predicted octanol–water partition coefficient (Wildman–Crippen LogP) is 2.14. The van der Waals surface area contributed by atoms with Crippen LogP contribution in [0.1, 0.15) is 36.0 Å². The van der Waals surface area contributed by atoms with Crippen LogP contribution in [0.25, 0.3) is 0 Å². The number of hydrogen-bond acceptors (Lipinski definition) is 3. The van der Waals surface area contributed by atoms with E-state index in [0.717, 1.165) is 38.8 Å². The minimum atomic E-state index is -0.651. The van der Waals surface area contributed by atoms with E-state index in [9.17, 15) is 14.3 Å². The largest absolute Gasteiger partial charge is 0.507 e. The number of rotatable bonds is 1. The number of carbonyl (C=O) groups excluding carboxylic acids is 1. The summed E-state index contributed by atoms with van der Waals surface area (Å²) in [7, 11) is 0. The normalized spacial score (nSPS) is 26.0. The van der Waals surface area contributed by atoms with Gasteiger partial charge in [-0.2, -0.15) is 0 Å². The minimum Gasteiger partial charge on any atom is -0.507 e. The van der Waals surface area contributed by atoms with Gasteiger partial charge in [0.25, 0.3) is 5.91 Å². The van der Waals surface area contributed by atoms with E-state index in [-0.39, 0.29) is 16.7 Å². The highest BCUT2D eigenvalue weighted by molar-refractivity contribution is 5.97. The standard InChI is InChI=1S/C16H21FN2O2/c17-12-4-1-5-13(20)14(12)15(21)19-9-3-7-16(11-19)6-2-8-18-10-16/h1,4-5,18,20H,2-3,6-11H2. The highest BCUT2D eigenvalue weighted by Gasteiger charge is 2.39. The zero-order valence-corrected chi connectivity index (χ0v) is 12.1. The first kappa shape index (κ1) is 14.3. The number of benzene rings is 1. The lowest BCUT2D eigenvalue weighted by molar-refractivity contribution is 0.0427. The van der Waals surface area contributed by atoms with Gasteiger partial charge in [0, 0.05) is 25.0 Å². The van der Waals surface area contributed by atoms with Crippen molar-refractivity contribution < 1.29 is 14.3 Å². The highest BCUT2D eigenvalue weighted by atomic mass is 19.1. The van der Waals surface area contributed by atoms with E-state index in [1.54, 1.807) is 4.90 Å². The molecule has 4 nitrogen and oxygen atoms in total. The molecule has 0 aromatic heterocycles. The Hall–Kier alpha value is -1.62. The molecule has 2 saturated heterocycles. The molecule has 1 aromatic rings. The van der Waals surface area contributed by atoms with Crippen LogP contribution >= 0.6 is 0 Å². The number of piperidine rings is 2. The van der Waals surface area contributed by atoms with Crippen LogP contribution in [0, 0.1) is 11.2 Å². The number of likely N-dealkylation sites (tertiary alicyclic amines) is 1. The molecule has 1 spiro atoms. The van der Waals surface area contributed by atoms with Gasteiger partial charge < -0.3 is 15.3 Å². The summed E-state index contributed by atoms with van der Waals surface area (Å²) in [6.07, 6.45) is 4.26. The van der Waals surface area contributed by atoms with Gasteiger partial charge in [-0.25, -0.2) is 4.39 Å². The van der Waals surface area contributed by atoms with Crippen LogP contribution in [-0.4, -0.2) is 42.1 Å². The Labute approximate surface area is 124 Å². The van der Waals surface area contributed by atoms with Crippen LogP contribution in [0.4, 0.5) is 4.39 Å². The molecule has 2 heterocycles. The predicted molar refractivity (Wildman–Crippen MR) is 77.7 cm³/mol. The summed E-state index contributed by atoms with van der Waals surface area (Å²) < 4.78 is 13.9. The summed E-state index contributed by atoms with van der Waals surface area (Å²) in [6, 6.07) is 3.98. The second-order valence-electron chi connectivity index (χ2n) is 6.24. The van der Waals surface area contributed by atoms with Gasteiger partial charge in [-0.3, -0.25) is 4.79 Å². The summed E-state index contributed by atoms with van der Waals surface area (Å²) in [5, 5.41) is 13.2. The smallest absolute Gasteiger partial charge is 0.260 e. The van der Waals surface area contributed by atoms with Crippen LogP contribution in [-0.2, 0) is 0 Å². The van der Waals surface area contributed by atoms with E-state index in [2.05, 4.69) is 5.32 Å². The minimum absolute atomic E-state index is 0.118. The molecule has 3 rings (SSSR count). The average Bonchev–Trinajstić information content (AvgIpc) is 2.48. The molecule has 21 heavy (non-hydrogen) atoms. The Bertz CT molecular complexity index is 515. The number of hydrogen-bond donors (Lipinski definition) is 2. The zero-order valence-electron chi connectivity index (χ0n) is 12.1. The average molecular weight is 292 g/mol. The maximum Gasteiger partial charge on any atom is 0.260 e. The van der Waals surface area contributed by atoms with Crippen molar-refractivity contribution in [2.24, 2.45) is 5.41 Å². The molecule has 1 unspecified atom stereocenters. The Kier molecular flexibility index (Phi) is 3.85. The summed E-state index contributed by atoms with van der Waals surface area (Å²) in [6.45, 7) is 3.23. The van der Waals surface area contributed by atoms with Gasteiger partial charge in [0.05, 0.1) is 0 Å². The molecule has 1 aromatic carbocycles. The summed E-state index contributed by atoms with van der Waals surface area (Å²) in [5.74, 6) is -1.32. The van der Waals surface area contributed by atoms with Crippen LogP contribution in [0.3, 0.4) is 0 Å². The molecule has 1 amide bonds. The molecule has 0 aliphatic carbocycles. The zero-order chi connectivity index (χ0) is 14.9. The third-order valence-corrected chi connectivity index (χ3v) is 4.71.